The van der Waals surface area contributed by atoms with Gasteiger partial charge in [0.1, 0.15) is 0 Å². The summed E-state index contributed by atoms with van der Waals surface area (Å²) in [6.07, 6.45) is 9.54. The van der Waals surface area contributed by atoms with Gasteiger partial charge in [0.15, 0.2) is 17.5 Å². The molecule has 5 nitrogen and oxygen atoms in total. The van der Waals surface area contributed by atoms with Crippen LogP contribution in [-0.4, -0.2) is 19.9 Å². The Balaban J connectivity index is 1.21. The number of aromatic nitrogens is 4. The van der Waals surface area contributed by atoms with E-state index in [9.17, 15) is 5.26 Å². The standard InChI is InChI=1S/C43H31N5/c44-26-28-13-17-35-36-18-16-32(25-39(36)43(38(35)23-28)20-7-2-8-21-43)34-19-22-45-27-37(34)42-47-40(30-10-3-1-4-11-30)46-41(48-42)33-15-14-29-9-5-6-12-31(29)24-33/h1,3-6,9-19,22-25,27H,2,7-8,20-21H2. The molecule has 48 heavy (non-hydrogen) atoms. The van der Waals surface area contributed by atoms with Gasteiger partial charge in [0.25, 0.3) is 0 Å². The van der Waals surface area contributed by atoms with Crippen LogP contribution in [0.3, 0.4) is 0 Å². The minimum absolute atomic E-state index is 0.0735. The van der Waals surface area contributed by atoms with Crippen LogP contribution in [0.2, 0.25) is 0 Å². The van der Waals surface area contributed by atoms with Gasteiger partial charge in [0.05, 0.1) is 11.6 Å². The molecule has 0 aliphatic heterocycles. The second kappa shape index (κ2) is 11.4. The van der Waals surface area contributed by atoms with E-state index in [4.69, 9.17) is 15.0 Å². The van der Waals surface area contributed by atoms with Crippen molar-refractivity contribution >= 4 is 10.8 Å². The van der Waals surface area contributed by atoms with Crippen molar-refractivity contribution < 1.29 is 0 Å². The first-order chi connectivity index (χ1) is 23.7. The lowest BCUT2D eigenvalue weighted by Gasteiger charge is -2.36. The van der Waals surface area contributed by atoms with Crippen LogP contribution < -0.4 is 0 Å². The molecule has 228 valence electrons. The Morgan fingerprint density at radius 1 is 0.521 bits per heavy atom. The predicted octanol–water partition coefficient (Wildman–Crippen LogP) is 10.2. The molecule has 0 N–H and O–H groups in total. The molecule has 1 saturated carbocycles. The first kappa shape index (κ1) is 28.3. The van der Waals surface area contributed by atoms with Crippen molar-refractivity contribution in [1.29, 1.82) is 5.26 Å². The molecule has 0 amide bonds. The average molecular weight is 618 g/mol. The summed E-state index contributed by atoms with van der Waals surface area (Å²) in [5.41, 5.74) is 10.7. The fourth-order valence-electron chi connectivity index (χ4n) is 7.92. The zero-order chi connectivity index (χ0) is 32.1. The highest BCUT2D eigenvalue weighted by Gasteiger charge is 2.44. The van der Waals surface area contributed by atoms with Crippen LogP contribution in [0.25, 0.3) is 67.2 Å². The number of nitrogens with zero attached hydrogens (tertiary/aromatic N) is 5. The Morgan fingerprint density at radius 2 is 1.21 bits per heavy atom. The van der Waals surface area contributed by atoms with E-state index >= 15 is 0 Å². The number of rotatable bonds is 4. The van der Waals surface area contributed by atoms with Crippen LogP contribution in [0.5, 0.6) is 0 Å². The molecule has 0 unspecified atom stereocenters. The van der Waals surface area contributed by atoms with Crippen molar-refractivity contribution in [3.05, 3.63) is 144 Å². The normalized spacial score (nSPS) is 14.4. The molecule has 0 radical (unpaired) electrons. The lowest BCUT2D eigenvalue weighted by atomic mass is 9.67. The van der Waals surface area contributed by atoms with Gasteiger partial charge in [-0.15, -0.1) is 0 Å². The van der Waals surface area contributed by atoms with Crippen molar-refractivity contribution in [3.63, 3.8) is 0 Å². The van der Waals surface area contributed by atoms with Gasteiger partial charge in [-0.2, -0.15) is 5.26 Å². The third-order valence-corrected chi connectivity index (χ3v) is 10.2. The van der Waals surface area contributed by atoms with Gasteiger partial charge < -0.3 is 0 Å². The molecule has 5 heteroatoms. The highest BCUT2D eigenvalue weighted by Crippen LogP contribution is 2.56. The van der Waals surface area contributed by atoms with Crippen molar-refractivity contribution in [2.75, 3.05) is 0 Å². The number of fused-ring (bicyclic) bond motifs is 6. The van der Waals surface area contributed by atoms with E-state index in [1.54, 1.807) is 0 Å². The van der Waals surface area contributed by atoms with Gasteiger partial charge in [-0.25, -0.2) is 15.0 Å². The summed E-state index contributed by atoms with van der Waals surface area (Å²) < 4.78 is 0. The van der Waals surface area contributed by atoms with Gasteiger partial charge in [0.2, 0.25) is 0 Å². The van der Waals surface area contributed by atoms with Crippen LogP contribution in [0.4, 0.5) is 0 Å². The van der Waals surface area contributed by atoms with Gasteiger partial charge in [-0.3, -0.25) is 4.98 Å². The molecule has 2 aliphatic carbocycles. The van der Waals surface area contributed by atoms with Crippen molar-refractivity contribution in [2.24, 2.45) is 0 Å². The molecular weight excluding hydrogens is 587 g/mol. The topological polar surface area (TPSA) is 75.3 Å². The Hall–Kier alpha value is -5.99. The van der Waals surface area contributed by atoms with Gasteiger partial charge in [0, 0.05) is 34.5 Å². The number of benzene rings is 5. The fourth-order valence-corrected chi connectivity index (χ4v) is 7.92. The van der Waals surface area contributed by atoms with E-state index in [1.165, 1.54) is 46.9 Å². The Labute approximate surface area is 279 Å². The molecule has 7 aromatic rings. The Kier molecular flexibility index (Phi) is 6.69. The largest absolute Gasteiger partial charge is 0.264 e. The van der Waals surface area contributed by atoms with E-state index in [0.717, 1.165) is 51.6 Å². The minimum Gasteiger partial charge on any atom is -0.264 e. The monoisotopic (exact) mass is 617 g/mol. The van der Waals surface area contributed by atoms with Crippen LogP contribution in [0.15, 0.2) is 128 Å². The number of hydrogen-bond acceptors (Lipinski definition) is 5. The quantitative estimate of drug-likeness (QED) is 0.196. The van der Waals surface area contributed by atoms with E-state index in [2.05, 4.69) is 89.9 Å². The van der Waals surface area contributed by atoms with Crippen LogP contribution in [0, 0.1) is 11.3 Å². The molecule has 0 saturated heterocycles. The number of hydrogen-bond donors (Lipinski definition) is 0. The first-order valence-corrected chi connectivity index (χ1v) is 16.7. The summed E-state index contributed by atoms with van der Waals surface area (Å²) in [5.74, 6) is 1.83. The maximum Gasteiger partial charge on any atom is 0.166 e. The van der Waals surface area contributed by atoms with Crippen LogP contribution >= 0.6 is 0 Å². The van der Waals surface area contributed by atoms with Crippen LogP contribution in [0.1, 0.15) is 48.8 Å². The zero-order valence-corrected chi connectivity index (χ0v) is 26.4. The zero-order valence-electron chi connectivity index (χ0n) is 26.4. The van der Waals surface area contributed by atoms with Gasteiger partial charge >= 0.3 is 0 Å². The molecule has 9 rings (SSSR count). The summed E-state index contributed by atoms with van der Waals surface area (Å²) in [7, 11) is 0. The van der Waals surface area contributed by atoms with Gasteiger partial charge in [-0.05, 0) is 87.3 Å². The summed E-state index contributed by atoms with van der Waals surface area (Å²) in [6, 6.07) is 42.3. The Bertz CT molecular complexity index is 2400. The SMILES string of the molecule is N#Cc1ccc2c(c1)C1(CCCCC1)c1cc(-c3ccncc3-c3nc(-c4ccccc4)nc(-c4ccc5ccccc5c4)n3)ccc1-2. The lowest BCUT2D eigenvalue weighted by Crippen LogP contribution is -2.28. The second-order valence-corrected chi connectivity index (χ2v) is 12.9. The minimum atomic E-state index is -0.0735. The average Bonchev–Trinajstić information content (AvgIpc) is 3.42. The lowest BCUT2D eigenvalue weighted by molar-refractivity contribution is 0.353. The summed E-state index contributed by atoms with van der Waals surface area (Å²) >= 11 is 0. The first-order valence-electron chi connectivity index (χ1n) is 16.7. The summed E-state index contributed by atoms with van der Waals surface area (Å²) in [5, 5.41) is 12.1. The highest BCUT2D eigenvalue weighted by molar-refractivity contribution is 5.89. The second-order valence-electron chi connectivity index (χ2n) is 12.9. The molecule has 2 aliphatic rings. The molecule has 1 fully saturated rings. The summed E-state index contributed by atoms with van der Waals surface area (Å²) in [6.45, 7) is 0. The maximum atomic E-state index is 9.76. The molecule has 0 bridgehead atoms. The molecule has 2 aromatic heterocycles. The smallest absolute Gasteiger partial charge is 0.166 e. The Morgan fingerprint density at radius 3 is 2.02 bits per heavy atom. The number of nitriles is 1. The highest BCUT2D eigenvalue weighted by atomic mass is 15.0. The third-order valence-electron chi connectivity index (χ3n) is 10.2. The van der Waals surface area contributed by atoms with E-state index in [0.29, 0.717) is 17.5 Å². The fraction of sp³-hybridized carbons (Fsp3) is 0.140. The van der Waals surface area contributed by atoms with Crippen molar-refractivity contribution in [1.82, 2.24) is 19.9 Å². The van der Waals surface area contributed by atoms with E-state index < -0.39 is 0 Å². The molecule has 1 spiro atoms. The third kappa shape index (κ3) is 4.60. The molecule has 5 aromatic carbocycles. The van der Waals surface area contributed by atoms with Gasteiger partial charge in [-0.1, -0.05) is 104 Å². The van der Waals surface area contributed by atoms with Crippen molar-refractivity contribution in [2.45, 2.75) is 37.5 Å². The molecular formula is C43H31N5. The van der Waals surface area contributed by atoms with E-state index in [-0.39, 0.29) is 5.41 Å². The molecule has 2 heterocycles. The van der Waals surface area contributed by atoms with Crippen molar-refractivity contribution in [3.8, 4) is 62.5 Å². The summed E-state index contributed by atoms with van der Waals surface area (Å²) in [4.78, 5) is 19.7. The maximum absolute atomic E-state index is 9.76. The number of pyridine rings is 1. The van der Waals surface area contributed by atoms with E-state index in [1.807, 2.05) is 48.8 Å². The predicted molar refractivity (Wildman–Crippen MR) is 191 cm³/mol. The molecule has 0 atom stereocenters. The van der Waals surface area contributed by atoms with Crippen LogP contribution in [-0.2, 0) is 5.41 Å².